The maximum absolute atomic E-state index is 13.2. The van der Waals surface area contributed by atoms with Gasteiger partial charge in [0.15, 0.2) is 0 Å². The van der Waals surface area contributed by atoms with E-state index in [4.69, 9.17) is 4.74 Å². The number of unbranched alkanes of at least 4 members (excludes halogenated alkanes) is 31. The molecular formula is C56H105NO5. The lowest BCUT2D eigenvalue weighted by atomic mass is 10.0. The quantitative estimate of drug-likeness (QED) is 0.0321. The average molecular weight is 872 g/mol. The van der Waals surface area contributed by atoms with Crippen molar-refractivity contribution in [3.63, 3.8) is 0 Å². The molecule has 0 saturated carbocycles. The predicted octanol–water partition coefficient (Wildman–Crippen LogP) is 16.5. The van der Waals surface area contributed by atoms with Crippen LogP contribution in [-0.2, 0) is 14.3 Å². The Balaban J connectivity index is 4.40. The molecular weight excluding hydrogens is 767 g/mol. The van der Waals surface area contributed by atoms with E-state index in [1.807, 2.05) is 0 Å². The second kappa shape index (κ2) is 50.1. The Morgan fingerprint density at radius 3 is 1.34 bits per heavy atom. The summed E-state index contributed by atoms with van der Waals surface area (Å²) in [6, 6.07) is -0.705. The molecule has 62 heavy (non-hydrogen) atoms. The minimum Gasteiger partial charge on any atom is -0.462 e. The maximum Gasteiger partial charge on any atom is 0.306 e. The molecule has 0 aliphatic rings. The normalized spacial score (nSPS) is 13.4. The summed E-state index contributed by atoms with van der Waals surface area (Å²) < 4.78 is 5.92. The Morgan fingerprint density at radius 2 is 0.839 bits per heavy atom. The second-order valence-electron chi connectivity index (χ2n) is 18.6. The maximum atomic E-state index is 13.2. The van der Waals surface area contributed by atoms with Gasteiger partial charge in [0.25, 0.3) is 0 Å². The summed E-state index contributed by atoms with van der Waals surface area (Å²) in [5, 5.41) is 23.8. The molecule has 0 radical (unpaired) electrons. The van der Waals surface area contributed by atoms with Gasteiger partial charge in [0, 0.05) is 6.42 Å². The number of hydrogen-bond acceptors (Lipinski definition) is 5. The molecule has 0 bridgehead atoms. The van der Waals surface area contributed by atoms with Crippen LogP contribution in [0.15, 0.2) is 36.5 Å². The van der Waals surface area contributed by atoms with Crippen molar-refractivity contribution in [1.82, 2.24) is 5.32 Å². The number of ether oxygens (including phenoxy) is 1. The van der Waals surface area contributed by atoms with Crippen LogP contribution < -0.4 is 5.32 Å². The Labute approximate surface area is 385 Å². The van der Waals surface area contributed by atoms with E-state index in [0.29, 0.717) is 19.3 Å². The molecule has 0 aliphatic heterocycles. The summed E-state index contributed by atoms with van der Waals surface area (Å²) in [5.74, 6) is -0.492. The summed E-state index contributed by atoms with van der Waals surface area (Å²) in [5.41, 5.74) is 0. The first kappa shape index (κ1) is 60.1. The SMILES string of the molecule is CCCC/C=C\CCCCCC(CC(=O)NC(CO)C(O)CCCCCCCCCCCCCCCCCCC)OC(=O)CCCCCCCCC/C=C\C/C=C\CCCCC. The van der Waals surface area contributed by atoms with Crippen molar-refractivity contribution in [3.8, 4) is 0 Å². The minimum atomic E-state index is -0.791. The molecule has 3 unspecified atom stereocenters. The first-order valence-corrected chi connectivity index (χ1v) is 27.2. The standard InChI is InChI=1S/C56H105NO5/c1-4-7-10-13-16-19-21-23-25-27-29-31-33-36-39-42-45-48-54(59)53(51-58)57-55(60)50-52(47-44-41-38-35-18-15-12-9-6-3)62-56(61)49-46-43-40-37-34-32-30-28-26-24-22-20-17-14-11-8-5-2/h15,17-18,20,24,26,52-54,58-59H,4-14,16,19,21-23,25,27-51H2,1-3H3,(H,57,60)/b18-15-,20-17-,26-24-. The monoisotopic (exact) mass is 872 g/mol. The van der Waals surface area contributed by atoms with Gasteiger partial charge in [-0.05, 0) is 77.0 Å². The molecule has 0 heterocycles. The average Bonchev–Trinajstić information content (AvgIpc) is 3.26. The fraction of sp³-hybridized carbons (Fsp3) is 0.857. The van der Waals surface area contributed by atoms with Crippen molar-refractivity contribution < 1.29 is 24.5 Å². The molecule has 0 aromatic carbocycles. The number of hydrogen-bond donors (Lipinski definition) is 3. The fourth-order valence-electron chi connectivity index (χ4n) is 8.27. The molecule has 0 aliphatic carbocycles. The smallest absolute Gasteiger partial charge is 0.306 e. The number of allylic oxidation sites excluding steroid dienone is 6. The summed E-state index contributed by atoms with van der Waals surface area (Å²) in [6.07, 6.45) is 59.3. The Kier molecular flexibility index (Phi) is 48.5. The third kappa shape index (κ3) is 44.7. The van der Waals surface area contributed by atoms with Crippen LogP contribution in [-0.4, -0.2) is 46.9 Å². The topological polar surface area (TPSA) is 95.9 Å². The number of aliphatic hydroxyl groups excluding tert-OH is 2. The molecule has 6 nitrogen and oxygen atoms in total. The van der Waals surface area contributed by atoms with Crippen LogP contribution in [0.4, 0.5) is 0 Å². The van der Waals surface area contributed by atoms with Crippen LogP contribution in [0, 0.1) is 0 Å². The lowest BCUT2D eigenvalue weighted by Crippen LogP contribution is -2.46. The number of nitrogens with one attached hydrogen (secondary N) is 1. The van der Waals surface area contributed by atoms with Crippen molar-refractivity contribution >= 4 is 11.9 Å². The van der Waals surface area contributed by atoms with Crippen molar-refractivity contribution in [2.45, 2.75) is 302 Å². The molecule has 0 rings (SSSR count). The van der Waals surface area contributed by atoms with Crippen LogP contribution in [0.2, 0.25) is 0 Å². The zero-order chi connectivity index (χ0) is 45.2. The van der Waals surface area contributed by atoms with E-state index in [9.17, 15) is 19.8 Å². The first-order valence-electron chi connectivity index (χ1n) is 27.2. The van der Waals surface area contributed by atoms with Gasteiger partial charge in [0.05, 0.1) is 25.2 Å². The third-order valence-electron chi connectivity index (χ3n) is 12.4. The lowest BCUT2D eigenvalue weighted by molar-refractivity contribution is -0.151. The molecule has 1 amide bonds. The molecule has 364 valence electrons. The summed E-state index contributed by atoms with van der Waals surface area (Å²) in [6.45, 7) is 6.43. The van der Waals surface area contributed by atoms with E-state index in [0.717, 1.165) is 77.0 Å². The molecule has 0 aromatic heterocycles. The summed E-state index contributed by atoms with van der Waals surface area (Å²) in [4.78, 5) is 26.1. The molecule has 0 saturated heterocycles. The fourth-order valence-corrected chi connectivity index (χ4v) is 8.27. The third-order valence-corrected chi connectivity index (χ3v) is 12.4. The minimum absolute atomic E-state index is 0.0654. The van der Waals surface area contributed by atoms with E-state index in [1.54, 1.807) is 0 Å². The molecule has 0 aromatic rings. The van der Waals surface area contributed by atoms with Crippen LogP contribution in [0.3, 0.4) is 0 Å². The highest BCUT2D eigenvalue weighted by molar-refractivity contribution is 5.77. The van der Waals surface area contributed by atoms with Crippen molar-refractivity contribution in [3.05, 3.63) is 36.5 Å². The van der Waals surface area contributed by atoms with Crippen molar-refractivity contribution in [1.29, 1.82) is 0 Å². The number of amides is 1. The number of esters is 1. The summed E-state index contributed by atoms with van der Waals surface area (Å²) >= 11 is 0. The van der Waals surface area contributed by atoms with Crippen LogP contribution >= 0.6 is 0 Å². The van der Waals surface area contributed by atoms with E-state index in [-0.39, 0.29) is 24.9 Å². The molecule has 3 N–H and O–H groups in total. The number of carbonyl (C=O) groups is 2. The lowest BCUT2D eigenvalue weighted by Gasteiger charge is -2.24. The zero-order valence-corrected chi connectivity index (χ0v) is 41.5. The Bertz CT molecular complexity index is 1020. The predicted molar refractivity (Wildman–Crippen MR) is 269 cm³/mol. The highest BCUT2D eigenvalue weighted by atomic mass is 16.5. The molecule has 3 atom stereocenters. The number of carbonyl (C=O) groups excluding carboxylic acids is 2. The molecule has 0 fully saturated rings. The van der Waals surface area contributed by atoms with Gasteiger partial charge in [-0.3, -0.25) is 9.59 Å². The second-order valence-corrected chi connectivity index (χ2v) is 18.6. The van der Waals surface area contributed by atoms with Gasteiger partial charge in [-0.2, -0.15) is 0 Å². The van der Waals surface area contributed by atoms with Gasteiger partial charge in [0.2, 0.25) is 5.91 Å². The highest BCUT2D eigenvalue weighted by Crippen LogP contribution is 2.18. The van der Waals surface area contributed by atoms with E-state index < -0.39 is 18.2 Å². The molecule has 0 spiro atoms. The molecule has 6 heteroatoms. The first-order chi connectivity index (χ1) is 30.5. The van der Waals surface area contributed by atoms with Gasteiger partial charge < -0.3 is 20.3 Å². The number of aliphatic hydroxyl groups is 2. The van der Waals surface area contributed by atoms with E-state index >= 15 is 0 Å². The Hall–Kier alpha value is -1.92. The number of rotatable bonds is 49. The van der Waals surface area contributed by atoms with Gasteiger partial charge >= 0.3 is 5.97 Å². The van der Waals surface area contributed by atoms with Crippen LogP contribution in [0.1, 0.15) is 284 Å². The van der Waals surface area contributed by atoms with Gasteiger partial charge in [-0.1, -0.05) is 231 Å². The largest absolute Gasteiger partial charge is 0.462 e. The highest BCUT2D eigenvalue weighted by Gasteiger charge is 2.24. The van der Waals surface area contributed by atoms with Crippen molar-refractivity contribution in [2.24, 2.45) is 0 Å². The van der Waals surface area contributed by atoms with Gasteiger partial charge in [0.1, 0.15) is 6.10 Å². The van der Waals surface area contributed by atoms with Crippen LogP contribution in [0.5, 0.6) is 0 Å². The van der Waals surface area contributed by atoms with Gasteiger partial charge in [-0.15, -0.1) is 0 Å². The van der Waals surface area contributed by atoms with E-state index in [2.05, 4.69) is 62.5 Å². The van der Waals surface area contributed by atoms with Crippen LogP contribution in [0.25, 0.3) is 0 Å². The van der Waals surface area contributed by atoms with Crippen molar-refractivity contribution in [2.75, 3.05) is 6.61 Å². The summed E-state index contributed by atoms with van der Waals surface area (Å²) in [7, 11) is 0. The van der Waals surface area contributed by atoms with Gasteiger partial charge in [-0.25, -0.2) is 0 Å². The van der Waals surface area contributed by atoms with E-state index in [1.165, 1.54) is 161 Å². The zero-order valence-electron chi connectivity index (χ0n) is 41.5. The Morgan fingerprint density at radius 1 is 0.468 bits per heavy atom.